The highest BCUT2D eigenvalue weighted by Gasteiger charge is 2.40. The minimum Gasteiger partial charge on any atom is -0.352 e. The van der Waals surface area contributed by atoms with E-state index in [-0.39, 0.29) is 22.9 Å². The summed E-state index contributed by atoms with van der Waals surface area (Å²) in [5.74, 6) is 0.176. The summed E-state index contributed by atoms with van der Waals surface area (Å²) in [5.41, 5.74) is -0.192. The molecule has 1 aliphatic heterocycles. The van der Waals surface area contributed by atoms with Gasteiger partial charge in [-0.1, -0.05) is 27.7 Å². The van der Waals surface area contributed by atoms with Crippen molar-refractivity contribution in [3.63, 3.8) is 0 Å². The van der Waals surface area contributed by atoms with Gasteiger partial charge in [-0.15, -0.1) is 0 Å². The lowest BCUT2D eigenvalue weighted by atomic mass is 9.86. The Morgan fingerprint density at radius 3 is 2.50 bits per heavy atom. The van der Waals surface area contributed by atoms with E-state index in [0.717, 1.165) is 25.8 Å². The predicted octanol–water partition coefficient (Wildman–Crippen LogP) is 2.07. The lowest BCUT2D eigenvalue weighted by Gasteiger charge is -2.33. The Labute approximate surface area is 99.4 Å². The van der Waals surface area contributed by atoms with Gasteiger partial charge in [0.25, 0.3) is 0 Å². The summed E-state index contributed by atoms with van der Waals surface area (Å²) < 4.78 is 0. The standard InChI is InChI=1S/C13H26N2O/c1-6-13(8-7-9-14-13)11(16)15-10(2)12(3,4)5/h10,14H,6-9H2,1-5H3,(H,15,16). The molecular formula is C13H26N2O. The van der Waals surface area contributed by atoms with Crippen molar-refractivity contribution in [2.24, 2.45) is 5.41 Å². The lowest BCUT2D eigenvalue weighted by molar-refractivity contribution is -0.128. The van der Waals surface area contributed by atoms with Crippen LogP contribution in [0.5, 0.6) is 0 Å². The van der Waals surface area contributed by atoms with Crippen LogP contribution in [0.25, 0.3) is 0 Å². The van der Waals surface area contributed by atoms with Gasteiger partial charge in [-0.2, -0.15) is 0 Å². The maximum Gasteiger partial charge on any atom is 0.240 e. The van der Waals surface area contributed by atoms with Crippen molar-refractivity contribution < 1.29 is 4.79 Å². The molecule has 3 heteroatoms. The molecule has 0 aliphatic carbocycles. The maximum absolute atomic E-state index is 12.3. The molecule has 1 amide bonds. The van der Waals surface area contributed by atoms with Crippen LogP contribution in [0, 0.1) is 5.41 Å². The minimum absolute atomic E-state index is 0.114. The van der Waals surface area contributed by atoms with Crippen molar-refractivity contribution in [1.82, 2.24) is 10.6 Å². The monoisotopic (exact) mass is 226 g/mol. The Bertz CT molecular complexity index is 249. The van der Waals surface area contributed by atoms with E-state index in [4.69, 9.17) is 0 Å². The van der Waals surface area contributed by atoms with Crippen LogP contribution < -0.4 is 10.6 Å². The molecule has 0 spiro atoms. The molecule has 0 radical (unpaired) electrons. The first kappa shape index (κ1) is 13.5. The van der Waals surface area contributed by atoms with E-state index in [1.165, 1.54) is 0 Å². The molecule has 1 saturated heterocycles. The molecule has 2 atom stereocenters. The molecule has 1 fully saturated rings. The van der Waals surface area contributed by atoms with Crippen molar-refractivity contribution in [2.75, 3.05) is 6.54 Å². The summed E-state index contributed by atoms with van der Waals surface area (Å²) in [6.07, 6.45) is 2.94. The van der Waals surface area contributed by atoms with Gasteiger partial charge in [-0.25, -0.2) is 0 Å². The van der Waals surface area contributed by atoms with E-state index >= 15 is 0 Å². The number of carbonyl (C=O) groups excluding carboxylic acids is 1. The van der Waals surface area contributed by atoms with E-state index in [1.807, 2.05) is 0 Å². The summed E-state index contributed by atoms with van der Waals surface area (Å²) >= 11 is 0. The third-order valence-electron chi connectivity index (χ3n) is 3.93. The van der Waals surface area contributed by atoms with Gasteiger partial charge in [0, 0.05) is 6.04 Å². The summed E-state index contributed by atoms with van der Waals surface area (Å²) in [6, 6.07) is 0.200. The topological polar surface area (TPSA) is 41.1 Å². The van der Waals surface area contributed by atoms with E-state index in [9.17, 15) is 4.79 Å². The Morgan fingerprint density at radius 2 is 2.12 bits per heavy atom. The number of hydrogen-bond acceptors (Lipinski definition) is 2. The van der Waals surface area contributed by atoms with Crippen LogP contribution in [0.2, 0.25) is 0 Å². The summed E-state index contributed by atoms with van der Waals surface area (Å²) in [6.45, 7) is 11.6. The van der Waals surface area contributed by atoms with Crippen molar-refractivity contribution in [1.29, 1.82) is 0 Å². The van der Waals surface area contributed by atoms with Crippen LogP contribution in [0.3, 0.4) is 0 Å². The number of nitrogens with one attached hydrogen (secondary N) is 2. The third kappa shape index (κ3) is 2.76. The molecule has 1 heterocycles. The largest absolute Gasteiger partial charge is 0.352 e. The molecule has 0 aromatic carbocycles. The lowest BCUT2D eigenvalue weighted by Crippen LogP contribution is -2.56. The highest BCUT2D eigenvalue weighted by molar-refractivity contribution is 5.86. The van der Waals surface area contributed by atoms with Gasteiger partial charge >= 0.3 is 0 Å². The van der Waals surface area contributed by atoms with Crippen LogP contribution in [0.1, 0.15) is 53.9 Å². The van der Waals surface area contributed by atoms with Crippen LogP contribution in [-0.4, -0.2) is 24.0 Å². The average Bonchev–Trinajstić information content (AvgIpc) is 2.65. The molecule has 0 aromatic rings. The fourth-order valence-electron chi connectivity index (χ4n) is 2.01. The second-order valence-corrected chi connectivity index (χ2v) is 6.03. The fraction of sp³-hybridized carbons (Fsp3) is 0.923. The Morgan fingerprint density at radius 1 is 1.50 bits per heavy atom. The normalized spacial score (nSPS) is 27.8. The molecular weight excluding hydrogens is 200 g/mol. The summed E-state index contributed by atoms with van der Waals surface area (Å²) in [7, 11) is 0. The number of carbonyl (C=O) groups is 1. The first-order chi connectivity index (χ1) is 7.32. The minimum atomic E-state index is -0.306. The number of amides is 1. The number of hydrogen-bond donors (Lipinski definition) is 2. The maximum atomic E-state index is 12.3. The Kier molecular flexibility index (Phi) is 4.00. The number of rotatable bonds is 3. The SMILES string of the molecule is CCC1(C(=O)NC(C)C(C)(C)C)CCCN1. The van der Waals surface area contributed by atoms with Crippen molar-refractivity contribution in [3.8, 4) is 0 Å². The molecule has 16 heavy (non-hydrogen) atoms. The van der Waals surface area contributed by atoms with Crippen LogP contribution in [0.15, 0.2) is 0 Å². The van der Waals surface area contributed by atoms with E-state index in [0.29, 0.717) is 0 Å². The average molecular weight is 226 g/mol. The Balaban J connectivity index is 2.64. The zero-order valence-corrected chi connectivity index (χ0v) is 11.3. The van der Waals surface area contributed by atoms with Crippen molar-refractivity contribution in [2.45, 2.75) is 65.5 Å². The molecule has 0 saturated carbocycles. The molecule has 3 nitrogen and oxygen atoms in total. The van der Waals surface area contributed by atoms with E-state index in [2.05, 4.69) is 45.3 Å². The molecule has 1 rings (SSSR count). The molecule has 1 aliphatic rings. The van der Waals surface area contributed by atoms with Gasteiger partial charge < -0.3 is 10.6 Å². The van der Waals surface area contributed by atoms with Gasteiger partial charge in [-0.3, -0.25) is 4.79 Å². The van der Waals surface area contributed by atoms with Gasteiger partial charge in [-0.05, 0) is 38.1 Å². The first-order valence-electron chi connectivity index (χ1n) is 6.38. The fourth-order valence-corrected chi connectivity index (χ4v) is 2.01. The molecule has 2 unspecified atom stereocenters. The quantitative estimate of drug-likeness (QED) is 0.773. The highest BCUT2D eigenvalue weighted by Crippen LogP contribution is 2.25. The van der Waals surface area contributed by atoms with Crippen LogP contribution >= 0.6 is 0 Å². The Hall–Kier alpha value is -0.570. The van der Waals surface area contributed by atoms with Crippen molar-refractivity contribution >= 4 is 5.91 Å². The van der Waals surface area contributed by atoms with Gasteiger partial charge in [0.15, 0.2) is 0 Å². The van der Waals surface area contributed by atoms with Gasteiger partial charge in [0.2, 0.25) is 5.91 Å². The molecule has 0 bridgehead atoms. The zero-order valence-electron chi connectivity index (χ0n) is 11.3. The predicted molar refractivity (Wildman–Crippen MR) is 67.3 cm³/mol. The van der Waals surface area contributed by atoms with Gasteiger partial charge in [0.05, 0.1) is 5.54 Å². The highest BCUT2D eigenvalue weighted by atomic mass is 16.2. The second-order valence-electron chi connectivity index (χ2n) is 6.03. The van der Waals surface area contributed by atoms with E-state index in [1.54, 1.807) is 0 Å². The molecule has 94 valence electrons. The smallest absolute Gasteiger partial charge is 0.240 e. The first-order valence-corrected chi connectivity index (χ1v) is 6.38. The summed E-state index contributed by atoms with van der Waals surface area (Å²) in [4.78, 5) is 12.3. The van der Waals surface area contributed by atoms with Crippen LogP contribution in [0.4, 0.5) is 0 Å². The van der Waals surface area contributed by atoms with E-state index < -0.39 is 0 Å². The second kappa shape index (κ2) is 4.74. The zero-order chi connectivity index (χ0) is 12.4. The van der Waals surface area contributed by atoms with Crippen LogP contribution in [-0.2, 0) is 4.79 Å². The van der Waals surface area contributed by atoms with Crippen molar-refractivity contribution in [3.05, 3.63) is 0 Å². The molecule has 0 aromatic heterocycles. The third-order valence-corrected chi connectivity index (χ3v) is 3.93. The van der Waals surface area contributed by atoms with Gasteiger partial charge in [0.1, 0.15) is 0 Å². The summed E-state index contributed by atoms with van der Waals surface area (Å²) in [5, 5.41) is 6.52. The molecule has 2 N–H and O–H groups in total.